The first-order valence-electron chi connectivity index (χ1n) is 9.45. The van der Waals surface area contributed by atoms with Gasteiger partial charge in [0.05, 0.1) is 15.5 Å². The summed E-state index contributed by atoms with van der Waals surface area (Å²) >= 11 is 15.3. The van der Waals surface area contributed by atoms with Gasteiger partial charge < -0.3 is 9.47 Å². The van der Waals surface area contributed by atoms with Crippen LogP contribution in [0.1, 0.15) is 21.5 Å². The number of rotatable bonds is 5. The van der Waals surface area contributed by atoms with Gasteiger partial charge >= 0.3 is 11.9 Å². The Bertz CT molecular complexity index is 1400. The zero-order valence-corrected chi connectivity index (χ0v) is 19.9. The third-order valence-electron chi connectivity index (χ3n) is 4.56. The van der Waals surface area contributed by atoms with Gasteiger partial charge in [-0.05, 0) is 54.6 Å². The molecule has 0 saturated heterocycles. The lowest BCUT2D eigenvalue weighted by molar-refractivity contribution is -0.384. The van der Waals surface area contributed by atoms with Crippen molar-refractivity contribution < 1.29 is 24.0 Å². The molecule has 8 nitrogen and oxygen atoms in total. The Morgan fingerprint density at radius 1 is 1.09 bits per heavy atom. The average molecular weight is 562 g/mol. The molecule has 0 aromatic heterocycles. The molecule has 0 atom stereocenters. The number of carbonyl (C=O) groups excluding carboxylic acids is 2. The van der Waals surface area contributed by atoms with Gasteiger partial charge in [0.25, 0.3) is 5.69 Å². The molecule has 170 valence electrons. The zero-order chi connectivity index (χ0) is 24.4. The van der Waals surface area contributed by atoms with Gasteiger partial charge in [0.1, 0.15) is 5.75 Å². The van der Waals surface area contributed by atoms with Gasteiger partial charge in [-0.2, -0.15) is 0 Å². The molecule has 0 unspecified atom stereocenters. The van der Waals surface area contributed by atoms with E-state index in [0.29, 0.717) is 20.6 Å². The van der Waals surface area contributed by atoms with Crippen LogP contribution in [-0.2, 0) is 9.53 Å². The number of nitrogens with zero attached hydrogens (tertiary/aromatic N) is 2. The van der Waals surface area contributed by atoms with Crippen molar-refractivity contribution in [2.45, 2.75) is 0 Å². The summed E-state index contributed by atoms with van der Waals surface area (Å²) in [5, 5.41) is 11.3. The highest BCUT2D eigenvalue weighted by atomic mass is 79.9. The lowest BCUT2D eigenvalue weighted by Crippen LogP contribution is -2.10. The highest BCUT2D eigenvalue weighted by molar-refractivity contribution is 9.10. The number of hydrogen-bond acceptors (Lipinski definition) is 7. The minimum atomic E-state index is -0.730. The highest BCUT2D eigenvalue weighted by Gasteiger charge is 2.25. The van der Waals surface area contributed by atoms with Crippen LogP contribution < -0.4 is 4.74 Å². The van der Waals surface area contributed by atoms with E-state index in [9.17, 15) is 19.7 Å². The number of aliphatic imine (C=N–C) groups is 1. The number of cyclic esters (lactones) is 1. The number of halogens is 3. The molecule has 34 heavy (non-hydrogen) atoms. The molecule has 1 aliphatic heterocycles. The van der Waals surface area contributed by atoms with Gasteiger partial charge in [-0.15, -0.1) is 0 Å². The predicted octanol–water partition coefficient (Wildman–Crippen LogP) is 6.23. The first-order chi connectivity index (χ1) is 16.2. The van der Waals surface area contributed by atoms with Gasteiger partial charge in [0.2, 0.25) is 5.90 Å². The van der Waals surface area contributed by atoms with E-state index in [4.69, 9.17) is 32.7 Å². The van der Waals surface area contributed by atoms with Crippen molar-refractivity contribution in [1.82, 2.24) is 0 Å². The lowest BCUT2D eigenvalue weighted by atomic mass is 10.1. The second kappa shape index (κ2) is 9.76. The third-order valence-corrected chi connectivity index (χ3v) is 5.60. The van der Waals surface area contributed by atoms with Crippen molar-refractivity contribution in [2.24, 2.45) is 4.99 Å². The molecule has 0 saturated carbocycles. The largest absolute Gasteiger partial charge is 0.422 e. The number of nitro groups is 1. The Kier molecular flexibility index (Phi) is 6.78. The molecule has 0 spiro atoms. The second-order valence-electron chi connectivity index (χ2n) is 6.84. The summed E-state index contributed by atoms with van der Waals surface area (Å²) in [5.41, 5.74) is 0.722. The van der Waals surface area contributed by atoms with E-state index >= 15 is 0 Å². The topological polar surface area (TPSA) is 108 Å². The quantitative estimate of drug-likeness (QED) is 0.120. The summed E-state index contributed by atoms with van der Waals surface area (Å²) in [6.07, 6.45) is 1.40. The summed E-state index contributed by atoms with van der Waals surface area (Å²) < 4.78 is 11.4. The summed E-state index contributed by atoms with van der Waals surface area (Å²) in [7, 11) is 0. The van der Waals surface area contributed by atoms with Crippen molar-refractivity contribution >= 4 is 68.7 Å². The van der Waals surface area contributed by atoms with Crippen LogP contribution in [0.3, 0.4) is 0 Å². The maximum absolute atomic E-state index is 12.6. The van der Waals surface area contributed by atoms with E-state index in [1.165, 1.54) is 48.5 Å². The third kappa shape index (κ3) is 5.17. The SMILES string of the molecule is O=C1OC(c2ccc([N+](=O)[O-])cc2)=N/C1=C/c1cc(Br)ccc1OC(=O)c1ccc(Cl)cc1Cl. The van der Waals surface area contributed by atoms with Gasteiger partial charge in [-0.1, -0.05) is 39.1 Å². The Hall–Kier alpha value is -3.53. The maximum atomic E-state index is 12.6. The van der Waals surface area contributed by atoms with Crippen LogP contribution in [0.25, 0.3) is 6.08 Å². The monoisotopic (exact) mass is 560 g/mol. The molecule has 0 aliphatic carbocycles. The summed E-state index contributed by atoms with van der Waals surface area (Å²) in [4.78, 5) is 39.5. The Morgan fingerprint density at radius 3 is 2.50 bits per heavy atom. The van der Waals surface area contributed by atoms with E-state index in [2.05, 4.69) is 20.9 Å². The van der Waals surface area contributed by atoms with Crippen LogP contribution in [0.5, 0.6) is 5.75 Å². The van der Waals surface area contributed by atoms with Crippen molar-refractivity contribution in [3.8, 4) is 5.75 Å². The fraction of sp³-hybridized carbons (Fsp3) is 0. The molecule has 0 amide bonds. The fourth-order valence-corrected chi connectivity index (χ4v) is 3.81. The normalized spacial score (nSPS) is 14.0. The Balaban J connectivity index is 1.64. The minimum absolute atomic E-state index is 0.00682. The van der Waals surface area contributed by atoms with E-state index < -0.39 is 16.9 Å². The molecule has 3 aromatic carbocycles. The second-order valence-corrected chi connectivity index (χ2v) is 8.60. The number of non-ortho nitro benzene ring substituents is 1. The average Bonchev–Trinajstić information content (AvgIpc) is 3.15. The van der Waals surface area contributed by atoms with Crippen LogP contribution >= 0.6 is 39.1 Å². The standard InChI is InChI=1S/C23H11BrCl2N2O6/c24-14-3-8-20(33-22(29)17-7-4-15(25)11-18(17)26)13(9-14)10-19-23(30)34-21(27-19)12-1-5-16(6-2-12)28(31)32/h1-11H/b19-10+. The molecule has 0 bridgehead atoms. The van der Waals surface area contributed by atoms with Crippen LogP contribution in [0.4, 0.5) is 5.69 Å². The van der Waals surface area contributed by atoms with E-state index in [-0.39, 0.29) is 33.6 Å². The van der Waals surface area contributed by atoms with Crippen LogP contribution in [0, 0.1) is 10.1 Å². The molecule has 1 heterocycles. The first-order valence-corrected chi connectivity index (χ1v) is 11.0. The van der Waals surface area contributed by atoms with Crippen LogP contribution in [0.2, 0.25) is 10.0 Å². The van der Waals surface area contributed by atoms with E-state index in [0.717, 1.165) is 0 Å². The van der Waals surface area contributed by atoms with Crippen LogP contribution in [0.15, 0.2) is 75.8 Å². The van der Waals surface area contributed by atoms with Gasteiger partial charge in [-0.3, -0.25) is 10.1 Å². The molecule has 11 heteroatoms. The highest BCUT2D eigenvalue weighted by Crippen LogP contribution is 2.30. The first kappa shape index (κ1) is 23.6. The molecular weight excluding hydrogens is 551 g/mol. The number of carbonyl (C=O) groups is 2. The number of benzene rings is 3. The number of esters is 2. The molecule has 0 N–H and O–H groups in total. The van der Waals surface area contributed by atoms with Crippen molar-refractivity contribution in [1.29, 1.82) is 0 Å². The summed E-state index contributed by atoms with van der Waals surface area (Å²) in [6.45, 7) is 0. The molecule has 1 aliphatic rings. The van der Waals surface area contributed by atoms with Crippen LogP contribution in [-0.4, -0.2) is 22.8 Å². The number of ether oxygens (including phenoxy) is 2. The molecule has 0 radical (unpaired) electrons. The maximum Gasteiger partial charge on any atom is 0.363 e. The molecule has 3 aromatic rings. The summed E-state index contributed by atoms with van der Waals surface area (Å²) in [5.74, 6) is -1.30. The number of nitro benzene ring substituents is 1. The molecular formula is C23H11BrCl2N2O6. The van der Waals surface area contributed by atoms with Gasteiger partial charge in [0, 0.05) is 32.8 Å². The van der Waals surface area contributed by atoms with Gasteiger partial charge in [0.15, 0.2) is 5.70 Å². The lowest BCUT2D eigenvalue weighted by Gasteiger charge is -2.09. The van der Waals surface area contributed by atoms with Crippen molar-refractivity contribution in [3.05, 3.63) is 108 Å². The Labute approximate surface area is 210 Å². The molecule has 0 fully saturated rings. The van der Waals surface area contributed by atoms with Gasteiger partial charge in [-0.25, -0.2) is 14.6 Å². The Morgan fingerprint density at radius 2 is 1.82 bits per heavy atom. The van der Waals surface area contributed by atoms with E-state index in [1.54, 1.807) is 18.2 Å². The smallest absolute Gasteiger partial charge is 0.363 e. The van der Waals surface area contributed by atoms with Crippen molar-refractivity contribution in [2.75, 3.05) is 0 Å². The molecule has 4 rings (SSSR count). The predicted molar refractivity (Wildman–Crippen MR) is 129 cm³/mol. The zero-order valence-electron chi connectivity index (χ0n) is 16.8. The number of hydrogen-bond donors (Lipinski definition) is 0. The minimum Gasteiger partial charge on any atom is -0.422 e. The summed E-state index contributed by atoms with van der Waals surface area (Å²) in [6, 6.07) is 14.6. The van der Waals surface area contributed by atoms with E-state index in [1.807, 2.05) is 0 Å². The van der Waals surface area contributed by atoms with Crippen molar-refractivity contribution in [3.63, 3.8) is 0 Å². The fourth-order valence-electron chi connectivity index (χ4n) is 2.94.